The third kappa shape index (κ3) is 13.8. The van der Waals surface area contributed by atoms with Crippen molar-refractivity contribution in [3.05, 3.63) is 49.3 Å². The molecule has 0 saturated carbocycles. The summed E-state index contributed by atoms with van der Waals surface area (Å²) in [7, 11) is 0. The Labute approximate surface area is 232 Å². The van der Waals surface area contributed by atoms with Crippen LogP contribution < -0.4 is 14.8 Å². The number of rotatable bonds is 15. The van der Waals surface area contributed by atoms with E-state index in [1.807, 2.05) is 39.0 Å². The molecule has 0 aliphatic carbocycles. The Kier molecular flexibility index (Phi) is 17.6. The number of nitrogens with zero attached hydrogens (tertiary/aromatic N) is 1. The first-order valence-corrected chi connectivity index (χ1v) is 11.4. The van der Waals surface area contributed by atoms with Gasteiger partial charge >= 0.3 is 43.2 Å². The fourth-order valence-electron chi connectivity index (χ4n) is 2.78. The molecule has 1 amide bonds. The molecule has 0 aromatic heterocycles. The van der Waals surface area contributed by atoms with Gasteiger partial charge in [0.1, 0.15) is 6.23 Å². The molecule has 0 aliphatic heterocycles. The quantitative estimate of drug-likeness (QED) is 0.0938. The average Bonchev–Trinajstić information content (AvgIpc) is 2.77. The van der Waals surface area contributed by atoms with Crippen LogP contribution in [0.5, 0.6) is 11.5 Å². The summed E-state index contributed by atoms with van der Waals surface area (Å²) >= 11 is 0. The number of aliphatic hydroxyl groups excluding tert-OH is 1. The normalized spacial score (nSPS) is 12.9. The molecule has 9 nitrogen and oxygen atoms in total. The number of carbonyl (C=O) groups is 2. The zero-order valence-corrected chi connectivity index (χ0v) is 25.4. The van der Waals surface area contributed by atoms with Crippen molar-refractivity contribution in [2.75, 3.05) is 32.8 Å². The van der Waals surface area contributed by atoms with Crippen molar-refractivity contribution in [2.45, 2.75) is 47.1 Å². The van der Waals surface area contributed by atoms with Gasteiger partial charge in [-0.2, -0.15) is 0 Å². The number of amides is 1. The van der Waals surface area contributed by atoms with Gasteiger partial charge in [-0.1, -0.05) is 32.1 Å². The molecule has 0 spiro atoms. The van der Waals surface area contributed by atoms with Gasteiger partial charge in [-0.3, -0.25) is 11.7 Å². The molecule has 1 aromatic carbocycles. The Balaban J connectivity index is 0.0000116. The van der Waals surface area contributed by atoms with Crippen LogP contribution in [-0.2, 0) is 14.3 Å². The Morgan fingerprint density at radius 2 is 1.77 bits per heavy atom. The topological polar surface area (TPSA) is 107 Å². The van der Waals surface area contributed by atoms with E-state index in [2.05, 4.69) is 12.2 Å². The van der Waals surface area contributed by atoms with Crippen LogP contribution >= 0.6 is 0 Å². The largest absolute Gasteiger partial charge is 2.00 e. The van der Waals surface area contributed by atoms with Gasteiger partial charge in [0.15, 0.2) is 11.5 Å². The molecule has 1 aromatic rings. The van der Waals surface area contributed by atoms with E-state index < -0.39 is 24.6 Å². The predicted octanol–water partition coefficient (Wildman–Crippen LogP) is 3.34. The summed E-state index contributed by atoms with van der Waals surface area (Å²) in [5.74, 6) is 0.726. The van der Waals surface area contributed by atoms with E-state index in [0.717, 1.165) is 0 Å². The second-order valence-electron chi connectivity index (χ2n) is 7.77. The molecule has 194 valence electrons. The van der Waals surface area contributed by atoms with Crippen LogP contribution in [0.4, 0.5) is 4.79 Å². The molecular formula is C25H38N2O7U. The van der Waals surface area contributed by atoms with Gasteiger partial charge < -0.3 is 35.9 Å². The van der Waals surface area contributed by atoms with E-state index in [1.165, 1.54) is 11.8 Å². The summed E-state index contributed by atoms with van der Waals surface area (Å²) < 4.78 is 21.7. The maximum Gasteiger partial charge on any atom is 2.00 e. The third-order valence-corrected chi connectivity index (χ3v) is 4.31. The van der Waals surface area contributed by atoms with Crippen molar-refractivity contribution in [2.24, 2.45) is 5.92 Å². The second kappa shape index (κ2) is 18.5. The number of nitrogens with one attached hydrogen (secondary N) is 1. The van der Waals surface area contributed by atoms with Crippen molar-refractivity contribution in [3.63, 3.8) is 0 Å². The molecule has 1 rings (SSSR count). The molecule has 35 heavy (non-hydrogen) atoms. The van der Waals surface area contributed by atoms with E-state index in [1.54, 1.807) is 25.5 Å². The molecule has 2 unspecified atom stereocenters. The van der Waals surface area contributed by atoms with Gasteiger partial charge in [0, 0.05) is 19.0 Å². The summed E-state index contributed by atoms with van der Waals surface area (Å²) in [5.41, 5.74) is 0.339. The van der Waals surface area contributed by atoms with Gasteiger partial charge in [0.05, 0.1) is 6.61 Å². The molecule has 0 saturated heterocycles. The molecular weight excluding hydrogens is 678 g/mol. The van der Waals surface area contributed by atoms with Crippen LogP contribution in [0.25, 0.3) is 0 Å². The fraction of sp³-hybridized carbons (Fsp3) is 0.520. The van der Waals surface area contributed by atoms with E-state index in [0.29, 0.717) is 23.7 Å². The summed E-state index contributed by atoms with van der Waals surface area (Å²) in [4.78, 5) is 26.3. The molecule has 2 atom stereocenters. The van der Waals surface area contributed by atoms with Gasteiger partial charge in [0.2, 0.25) is 6.29 Å². The van der Waals surface area contributed by atoms with E-state index in [-0.39, 0.29) is 63.3 Å². The number of allylic oxidation sites excluding steroid dienone is 1. The van der Waals surface area contributed by atoms with Gasteiger partial charge in [-0.15, -0.1) is 13.1 Å². The van der Waals surface area contributed by atoms with E-state index in [4.69, 9.17) is 18.9 Å². The molecule has 0 fully saturated rings. The first-order valence-electron chi connectivity index (χ1n) is 11.4. The summed E-state index contributed by atoms with van der Waals surface area (Å²) in [6.07, 6.45) is 0.935. The number of ether oxygens (including phenoxy) is 4. The van der Waals surface area contributed by atoms with Crippen LogP contribution in [0, 0.1) is 50.4 Å². The van der Waals surface area contributed by atoms with Crippen molar-refractivity contribution >= 4 is 12.1 Å². The van der Waals surface area contributed by atoms with Crippen LogP contribution in [0.1, 0.15) is 34.6 Å². The van der Waals surface area contributed by atoms with Crippen LogP contribution in [0.2, 0.25) is 0 Å². The van der Waals surface area contributed by atoms with Crippen molar-refractivity contribution in [1.82, 2.24) is 10.2 Å². The Hall–Kier alpha value is -1.73. The van der Waals surface area contributed by atoms with Crippen LogP contribution in [0.15, 0.2) is 35.9 Å². The Morgan fingerprint density at radius 1 is 1.14 bits per heavy atom. The maximum atomic E-state index is 12.5. The maximum absolute atomic E-state index is 12.5. The van der Waals surface area contributed by atoms with E-state index >= 15 is 0 Å². The van der Waals surface area contributed by atoms with Gasteiger partial charge in [-0.05, 0) is 38.5 Å². The van der Waals surface area contributed by atoms with Crippen LogP contribution in [-0.4, -0.2) is 67.4 Å². The number of carbonyl (C=O) groups excluding carboxylic acids is 2. The monoisotopic (exact) mass is 716 g/mol. The fourth-order valence-corrected chi connectivity index (χ4v) is 2.78. The summed E-state index contributed by atoms with van der Waals surface area (Å²) in [6.45, 7) is 13.8. The molecule has 0 radical (unpaired) electrons. The zero-order chi connectivity index (χ0) is 25.5. The van der Waals surface area contributed by atoms with Crippen LogP contribution in [0.3, 0.4) is 0 Å². The van der Waals surface area contributed by atoms with Crippen molar-refractivity contribution < 1.29 is 64.8 Å². The van der Waals surface area contributed by atoms with E-state index in [9.17, 15) is 14.7 Å². The number of benzene rings is 1. The Morgan fingerprint density at radius 3 is 2.31 bits per heavy atom. The summed E-state index contributed by atoms with van der Waals surface area (Å²) in [5, 5.41) is 12.2. The number of esters is 1. The number of hydrogen-bond donors (Lipinski definition) is 2. The van der Waals surface area contributed by atoms with Crippen molar-refractivity contribution in [1.29, 1.82) is 0 Å². The molecule has 0 aliphatic rings. The minimum atomic E-state index is -1.11. The smallest absolute Gasteiger partial charge is 0.522 e. The first-order chi connectivity index (χ1) is 16.2. The molecule has 10 heteroatoms. The predicted molar refractivity (Wildman–Crippen MR) is 129 cm³/mol. The third-order valence-electron chi connectivity index (χ3n) is 4.31. The molecule has 2 N–H and O–H groups in total. The second-order valence-corrected chi connectivity index (χ2v) is 7.77. The number of hydrogen-bond acceptors (Lipinski definition) is 8. The number of para-hydroxylation sites is 2. The summed E-state index contributed by atoms with van der Waals surface area (Å²) in [6, 6.07) is 7.34. The standard InChI is InChI=1S/C25H38N2O7.U/c1-7-27(14-11-15-32-23-13-10-9-12-22(23)31-8-2)25(30)34-20(6)33-24(29)21(16-18(3)4)17-26-19(5)28;/h9-13,16,18-20,26,28H,1,7-8,14-15,17H2,2-6H3;/q-2;+2/b21-16-;. The van der Waals surface area contributed by atoms with Gasteiger partial charge in [0.25, 0.3) is 0 Å². The SMILES string of the molecule is [CH2-]CN(C[CH-]COc1ccccc1OCC)C(=O)OC(C)OC(=O)/C(=C\C(C)C)CNC(C)O.[U+2]. The van der Waals surface area contributed by atoms with Gasteiger partial charge in [-0.25, -0.2) is 9.59 Å². The molecule has 0 heterocycles. The molecule has 0 bridgehead atoms. The number of aliphatic hydroxyl groups is 1. The zero-order valence-electron chi connectivity index (χ0n) is 21.3. The minimum Gasteiger partial charge on any atom is -0.522 e. The first kappa shape index (κ1) is 33.3. The Bertz CT molecular complexity index is 787. The average molecular weight is 717 g/mol. The minimum absolute atomic E-state index is 0. The van der Waals surface area contributed by atoms with Crippen molar-refractivity contribution in [3.8, 4) is 11.5 Å².